The third-order valence-electron chi connectivity index (χ3n) is 0.547. The third kappa shape index (κ3) is 30.4. The van der Waals surface area contributed by atoms with Crippen molar-refractivity contribution in [2.45, 2.75) is 6.92 Å². The van der Waals surface area contributed by atoms with Crippen molar-refractivity contribution in [2.24, 2.45) is 5.73 Å². The van der Waals surface area contributed by atoms with Gasteiger partial charge >= 0.3 is 0 Å². The van der Waals surface area contributed by atoms with E-state index in [0.29, 0.717) is 0 Å². The molecule has 0 rings (SSSR count). The van der Waals surface area contributed by atoms with Gasteiger partial charge in [0.1, 0.15) is 0 Å². The molecule has 2 nitrogen and oxygen atoms in total. The zero-order chi connectivity index (χ0) is 7.70. The van der Waals surface area contributed by atoms with Crippen molar-refractivity contribution < 1.29 is 0 Å². The van der Waals surface area contributed by atoms with Crippen LogP contribution in [0.15, 0.2) is 0 Å². The summed E-state index contributed by atoms with van der Waals surface area (Å²) in [5, 5.41) is 0. The zero-order valence-corrected chi connectivity index (χ0v) is 7.49. The van der Waals surface area contributed by atoms with Crippen molar-refractivity contribution in [2.75, 3.05) is 32.9 Å². The quantitative estimate of drug-likeness (QED) is 0.559. The summed E-state index contributed by atoms with van der Waals surface area (Å²) in [6.45, 7) is 3.73. The highest BCUT2D eigenvalue weighted by atomic mass is 32.1. The summed E-state index contributed by atoms with van der Waals surface area (Å²) < 4.78 is 0. The molecular weight excluding hydrogens is 132 g/mol. The van der Waals surface area contributed by atoms with Crippen LogP contribution >= 0.6 is 12.6 Å². The molecule has 0 heterocycles. The fourth-order valence-electron chi connectivity index (χ4n) is 0.200. The summed E-state index contributed by atoms with van der Waals surface area (Å²) in [7, 11) is 4.08. The first-order valence-electron chi connectivity index (χ1n) is 3.14. The van der Waals surface area contributed by atoms with Crippen LogP contribution < -0.4 is 5.73 Å². The molecule has 9 heavy (non-hydrogen) atoms. The molecule has 0 aliphatic carbocycles. The first-order valence-corrected chi connectivity index (χ1v) is 3.77. The van der Waals surface area contributed by atoms with E-state index in [9.17, 15) is 0 Å². The number of rotatable bonds is 2. The third-order valence-corrected chi connectivity index (χ3v) is 0.747. The molecule has 0 aliphatic rings. The van der Waals surface area contributed by atoms with Crippen LogP contribution in [0.3, 0.4) is 0 Å². The topological polar surface area (TPSA) is 29.3 Å². The minimum atomic E-state index is 0.750. The second kappa shape index (κ2) is 11.1. The normalized spacial score (nSPS) is 8.67. The molecule has 0 saturated carbocycles. The number of nitrogens with two attached hydrogens (primary N) is 1. The van der Waals surface area contributed by atoms with Crippen LogP contribution in [0.25, 0.3) is 0 Å². The lowest BCUT2D eigenvalue weighted by Gasteiger charge is -2.03. The molecule has 0 aliphatic heterocycles. The largest absolute Gasteiger partial charge is 0.331 e. The van der Waals surface area contributed by atoms with Gasteiger partial charge in [-0.25, -0.2) is 0 Å². The van der Waals surface area contributed by atoms with Gasteiger partial charge in [0.05, 0.1) is 0 Å². The van der Waals surface area contributed by atoms with E-state index in [-0.39, 0.29) is 0 Å². The standard InChI is InChI=1S/C4H11NS.C2H7N/c1-5(2)3-4-6;1-2-3/h6H,3-4H2,1-2H3;2-3H2,1H3. The number of thiol groups is 1. The molecule has 0 spiro atoms. The summed E-state index contributed by atoms with van der Waals surface area (Å²) in [6, 6.07) is 0. The van der Waals surface area contributed by atoms with E-state index in [1.807, 2.05) is 21.0 Å². The van der Waals surface area contributed by atoms with Crippen molar-refractivity contribution >= 4 is 12.6 Å². The van der Waals surface area contributed by atoms with E-state index in [2.05, 4.69) is 17.5 Å². The van der Waals surface area contributed by atoms with Crippen LogP contribution in [0.1, 0.15) is 6.92 Å². The van der Waals surface area contributed by atoms with Gasteiger partial charge < -0.3 is 10.6 Å². The van der Waals surface area contributed by atoms with Gasteiger partial charge in [0.2, 0.25) is 0 Å². The van der Waals surface area contributed by atoms with Gasteiger partial charge in [0.25, 0.3) is 0 Å². The molecule has 0 aromatic rings. The maximum atomic E-state index is 4.85. The highest BCUT2D eigenvalue weighted by Gasteiger charge is 1.80. The Morgan fingerprint density at radius 2 is 1.78 bits per heavy atom. The van der Waals surface area contributed by atoms with E-state index in [1.54, 1.807) is 0 Å². The highest BCUT2D eigenvalue weighted by molar-refractivity contribution is 7.80. The predicted octanol–water partition coefficient (Wildman–Crippen LogP) is 0.443. The Hall–Kier alpha value is 0.270. The molecule has 0 radical (unpaired) electrons. The van der Waals surface area contributed by atoms with Crippen LogP contribution in [0.5, 0.6) is 0 Å². The van der Waals surface area contributed by atoms with Crippen LogP contribution in [0.4, 0.5) is 0 Å². The Bertz CT molecular complexity index is 40.0. The van der Waals surface area contributed by atoms with Crippen LogP contribution in [-0.2, 0) is 0 Å². The zero-order valence-electron chi connectivity index (χ0n) is 6.59. The second-order valence-electron chi connectivity index (χ2n) is 1.94. The Balaban J connectivity index is 0. The van der Waals surface area contributed by atoms with Gasteiger partial charge in [0.15, 0.2) is 0 Å². The Morgan fingerprint density at radius 1 is 1.44 bits per heavy atom. The lowest BCUT2D eigenvalue weighted by atomic mass is 10.7. The van der Waals surface area contributed by atoms with Gasteiger partial charge in [-0.1, -0.05) is 6.92 Å². The van der Waals surface area contributed by atoms with Crippen molar-refractivity contribution in [3.05, 3.63) is 0 Å². The number of hydrogen-bond acceptors (Lipinski definition) is 3. The minimum absolute atomic E-state index is 0.750. The maximum absolute atomic E-state index is 4.85. The van der Waals surface area contributed by atoms with Crippen LogP contribution in [0.2, 0.25) is 0 Å². The minimum Gasteiger partial charge on any atom is -0.331 e. The first-order chi connectivity index (χ1) is 4.18. The van der Waals surface area contributed by atoms with E-state index in [0.717, 1.165) is 18.8 Å². The second-order valence-corrected chi connectivity index (χ2v) is 2.38. The molecule has 0 aromatic heterocycles. The molecule has 0 aromatic carbocycles. The molecule has 0 saturated heterocycles. The lowest BCUT2D eigenvalue weighted by molar-refractivity contribution is 0.438. The van der Waals surface area contributed by atoms with Gasteiger partial charge in [-0.05, 0) is 20.6 Å². The predicted molar refractivity (Wildman–Crippen MR) is 47.1 cm³/mol. The molecule has 2 N–H and O–H groups in total. The van der Waals surface area contributed by atoms with Crippen molar-refractivity contribution in [3.8, 4) is 0 Å². The number of nitrogens with zero attached hydrogens (tertiary/aromatic N) is 1. The summed E-state index contributed by atoms with van der Waals surface area (Å²) in [4.78, 5) is 2.10. The monoisotopic (exact) mass is 150 g/mol. The molecule has 0 fully saturated rings. The SMILES string of the molecule is CCN.CN(C)CCS. The summed E-state index contributed by atoms with van der Waals surface area (Å²) in [5.41, 5.74) is 4.85. The van der Waals surface area contributed by atoms with E-state index in [1.165, 1.54) is 0 Å². The fourth-order valence-corrected chi connectivity index (χ4v) is 0.600. The summed E-state index contributed by atoms with van der Waals surface area (Å²) in [6.07, 6.45) is 0. The van der Waals surface area contributed by atoms with Gasteiger partial charge in [-0.2, -0.15) is 12.6 Å². The highest BCUT2D eigenvalue weighted by Crippen LogP contribution is 1.74. The molecule has 0 unspecified atom stereocenters. The lowest BCUT2D eigenvalue weighted by Crippen LogP contribution is -2.13. The molecule has 0 atom stereocenters. The smallest absolute Gasteiger partial charge is 0.00637 e. The molecule has 58 valence electrons. The Morgan fingerprint density at radius 3 is 1.78 bits per heavy atom. The van der Waals surface area contributed by atoms with Gasteiger partial charge in [0, 0.05) is 12.3 Å². The first kappa shape index (κ1) is 12.0. The summed E-state index contributed by atoms with van der Waals surface area (Å²) >= 11 is 4.02. The van der Waals surface area contributed by atoms with Crippen molar-refractivity contribution in [1.29, 1.82) is 0 Å². The molecular formula is C6H18N2S. The van der Waals surface area contributed by atoms with E-state index in [4.69, 9.17) is 5.73 Å². The van der Waals surface area contributed by atoms with E-state index >= 15 is 0 Å². The van der Waals surface area contributed by atoms with E-state index < -0.39 is 0 Å². The van der Waals surface area contributed by atoms with Crippen LogP contribution in [0, 0.1) is 0 Å². The van der Waals surface area contributed by atoms with Crippen molar-refractivity contribution in [3.63, 3.8) is 0 Å². The average molecular weight is 150 g/mol. The van der Waals surface area contributed by atoms with Crippen molar-refractivity contribution in [1.82, 2.24) is 4.90 Å². The van der Waals surface area contributed by atoms with Gasteiger partial charge in [-0.3, -0.25) is 0 Å². The van der Waals surface area contributed by atoms with Crippen LogP contribution in [-0.4, -0.2) is 37.8 Å². The number of hydrogen-bond donors (Lipinski definition) is 2. The molecule has 0 bridgehead atoms. The summed E-state index contributed by atoms with van der Waals surface area (Å²) in [5.74, 6) is 0.951. The Kier molecular flexibility index (Phi) is 14.8. The maximum Gasteiger partial charge on any atom is 0.00637 e. The Labute approximate surface area is 63.8 Å². The average Bonchev–Trinajstić information content (AvgIpc) is 1.67. The fraction of sp³-hybridized carbons (Fsp3) is 1.00. The molecule has 0 amide bonds. The molecule has 3 heteroatoms. The van der Waals surface area contributed by atoms with Gasteiger partial charge in [-0.15, -0.1) is 0 Å².